The summed E-state index contributed by atoms with van der Waals surface area (Å²) in [6.45, 7) is 2.57. The van der Waals surface area contributed by atoms with Crippen molar-refractivity contribution in [2.24, 2.45) is 0 Å². The molecule has 0 spiro atoms. The average Bonchev–Trinajstić information content (AvgIpc) is 2.95. The maximum Gasteiger partial charge on any atom is 0.129 e. The lowest BCUT2D eigenvalue weighted by Gasteiger charge is -2.08. The summed E-state index contributed by atoms with van der Waals surface area (Å²) in [5.41, 5.74) is 2.91. The molecule has 3 heterocycles. The summed E-state index contributed by atoms with van der Waals surface area (Å²) in [5, 5.41) is 7.59. The summed E-state index contributed by atoms with van der Waals surface area (Å²) in [7, 11) is 0. The first-order valence-electron chi connectivity index (χ1n) is 6.29. The fraction of sp³-hybridized carbons (Fsp3) is 0.143. The SMILES string of the molecule is Cc1cc(NCc2ccnn2-c2cccnc2)ncn1. The van der Waals surface area contributed by atoms with Gasteiger partial charge in [0.2, 0.25) is 0 Å². The van der Waals surface area contributed by atoms with Crippen LogP contribution < -0.4 is 5.32 Å². The third-order valence-electron chi connectivity index (χ3n) is 2.87. The molecule has 0 aliphatic carbocycles. The summed E-state index contributed by atoms with van der Waals surface area (Å²) in [4.78, 5) is 12.4. The molecule has 3 aromatic heterocycles. The molecule has 0 aliphatic heterocycles. The van der Waals surface area contributed by atoms with E-state index in [0.717, 1.165) is 22.9 Å². The van der Waals surface area contributed by atoms with Crippen molar-refractivity contribution in [1.82, 2.24) is 24.7 Å². The molecule has 0 fully saturated rings. The molecule has 0 radical (unpaired) electrons. The van der Waals surface area contributed by atoms with Gasteiger partial charge in [-0.15, -0.1) is 0 Å². The lowest BCUT2D eigenvalue weighted by Crippen LogP contribution is -2.08. The van der Waals surface area contributed by atoms with Crippen LogP contribution >= 0.6 is 0 Å². The predicted molar refractivity (Wildman–Crippen MR) is 75.5 cm³/mol. The zero-order chi connectivity index (χ0) is 13.8. The van der Waals surface area contributed by atoms with Crippen molar-refractivity contribution in [1.29, 1.82) is 0 Å². The zero-order valence-corrected chi connectivity index (χ0v) is 11.1. The monoisotopic (exact) mass is 266 g/mol. The standard InChI is InChI=1S/C14H14N6/c1-11-7-14(18-10-17-11)16-9-13-4-6-19-20(13)12-3-2-5-15-8-12/h2-8,10H,9H2,1H3,(H,16,17,18). The minimum atomic E-state index is 0.630. The van der Waals surface area contributed by atoms with Gasteiger partial charge in [0.1, 0.15) is 12.1 Å². The Balaban J connectivity index is 1.78. The van der Waals surface area contributed by atoms with E-state index in [-0.39, 0.29) is 0 Å². The molecule has 0 atom stereocenters. The Morgan fingerprint density at radius 2 is 2.15 bits per heavy atom. The van der Waals surface area contributed by atoms with E-state index in [9.17, 15) is 0 Å². The van der Waals surface area contributed by atoms with E-state index in [1.807, 2.05) is 35.9 Å². The quantitative estimate of drug-likeness (QED) is 0.782. The van der Waals surface area contributed by atoms with Crippen LogP contribution in [0.1, 0.15) is 11.4 Å². The molecule has 0 aliphatic rings. The summed E-state index contributed by atoms with van der Waals surface area (Å²) in [6.07, 6.45) is 6.85. The molecule has 20 heavy (non-hydrogen) atoms. The van der Waals surface area contributed by atoms with Crippen LogP contribution in [0.15, 0.2) is 49.2 Å². The zero-order valence-electron chi connectivity index (χ0n) is 11.1. The molecule has 100 valence electrons. The number of aryl methyl sites for hydroxylation is 1. The van der Waals surface area contributed by atoms with Gasteiger partial charge in [0.25, 0.3) is 0 Å². The molecular weight excluding hydrogens is 252 g/mol. The van der Waals surface area contributed by atoms with E-state index in [4.69, 9.17) is 0 Å². The minimum absolute atomic E-state index is 0.630. The van der Waals surface area contributed by atoms with Gasteiger partial charge in [0, 0.05) is 24.2 Å². The van der Waals surface area contributed by atoms with Crippen molar-refractivity contribution < 1.29 is 0 Å². The van der Waals surface area contributed by atoms with Gasteiger partial charge in [0.05, 0.1) is 24.1 Å². The van der Waals surface area contributed by atoms with Gasteiger partial charge in [-0.25, -0.2) is 14.6 Å². The van der Waals surface area contributed by atoms with Crippen LogP contribution in [0, 0.1) is 6.92 Å². The molecule has 0 saturated heterocycles. The van der Waals surface area contributed by atoms with Gasteiger partial charge in [-0.3, -0.25) is 4.98 Å². The number of pyridine rings is 1. The van der Waals surface area contributed by atoms with Crippen molar-refractivity contribution in [3.8, 4) is 5.69 Å². The van der Waals surface area contributed by atoms with Gasteiger partial charge in [-0.2, -0.15) is 5.10 Å². The Labute approximate surface area is 116 Å². The number of rotatable bonds is 4. The Bertz CT molecular complexity index is 692. The Morgan fingerprint density at radius 3 is 2.95 bits per heavy atom. The molecule has 1 N–H and O–H groups in total. The summed E-state index contributed by atoms with van der Waals surface area (Å²) in [6, 6.07) is 7.74. The van der Waals surface area contributed by atoms with Crippen LogP contribution in [-0.4, -0.2) is 24.7 Å². The van der Waals surface area contributed by atoms with E-state index >= 15 is 0 Å². The van der Waals surface area contributed by atoms with Crippen molar-refractivity contribution in [3.63, 3.8) is 0 Å². The van der Waals surface area contributed by atoms with Crippen molar-refractivity contribution >= 4 is 5.82 Å². The first kappa shape index (κ1) is 12.3. The second kappa shape index (κ2) is 5.48. The number of aromatic nitrogens is 5. The number of hydrogen-bond acceptors (Lipinski definition) is 5. The van der Waals surface area contributed by atoms with Crippen molar-refractivity contribution in [2.75, 3.05) is 5.32 Å². The van der Waals surface area contributed by atoms with Crippen LogP contribution in [0.25, 0.3) is 5.69 Å². The topological polar surface area (TPSA) is 68.5 Å². The largest absolute Gasteiger partial charge is 0.364 e. The maximum atomic E-state index is 4.32. The number of hydrogen-bond donors (Lipinski definition) is 1. The van der Waals surface area contributed by atoms with Crippen LogP contribution in [0.3, 0.4) is 0 Å². The van der Waals surface area contributed by atoms with Crippen LogP contribution in [-0.2, 0) is 6.54 Å². The number of anilines is 1. The normalized spacial score (nSPS) is 10.4. The predicted octanol–water partition coefficient (Wildman–Crippen LogP) is 1.98. The third kappa shape index (κ3) is 2.64. The molecule has 3 aromatic rings. The summed E-state index contributed by atoms with van der Waals surface area (Å²) in [5.74, 6) is 0.802. The highest BCUT2D eigenvalue weighted by molar-refractivity contribution is 5.36. The molecule has 0 aromatic carbocycles. The Kier molecular flexibility index (Phi) is 3.36. The number of nitrogens with zero attached hydrogens (tertiary/aromatic N) is 5. The fourth-order valence-corrected chi connectivity index (χ4v) is 1.91. The smallest absolute Gasteiger partial charge is 0.129 e. The van der Waals surface area contributed by atoms with Gasteiger partial charge in [0.15, 0.2) is 0 Å². The molecule has 3 rings (SSSR count). The van der Waals surface area contributed by atoms with Crippen LogP contribution in [0.2, 0.25) is 0 Å². The lowest BCUT2D eigenvalue weighted by molar-refractivity contribution is 0.811. The molecule has 6 nitrogen and oxygen atoms in total. The van der Waals surface area contributed by atoms with E-state index in [1.54, 1.807) is 24.9 Å². The van der Waals surface area contributed by atoms with Gasteiger partial charge in [-0.05, 0) is 25.1 Å². The highest BCUT2D eigenvalue weighted by atomic mass is 15.3. The molecule has 0 unspecified atom stereocenters. The van der Waals surface area contributed by atoms with Gasteiger partial charge in [-0.1, -0.05) is 0 Å². The van der Waals surface area contributed by atoms with E-state index in [1.165, 1.54) is 0 Å². The first-order valence-corrected chi connectivity index (χ1v) is 6.29. The van der Waals surface area contributed by atoms with Crippen molar-refractivity contribution in [3.05, 3.63) is 60.6 Å². The minimum Gasteiger partial charge on any atom is -0.364 e. The summed E-state index contributed by atoms with van der Waals surface area (Å²) >= 11 is 0. The molecular formula is C14H14N6. The number of nitrogens with one attached hydrogen (secondary N) is 1. The lowest BCUT2D eigenvalue weighted by atomic mass is 10.3. The highest BCUT2D eigenvalue weighted by Gasteiger charge is 2.05. The van der Waals surface area contributed by atoms with E-state index < -0.39 is 0 Å². The van der Waals surface area contributed by atoms with Crippen molar-refractivity contribution in [2.45, 2.75) is 13.5 Å². The Morgan fingerprint density at radius 1 is 1.20 bits per heavy atom. The molecule has 6 heteroatoms. The van der Waals surface area contributed by atoms with E-state index in [2.05, 4.69) is 25.4 Å². The molecule has 0 amide bonds. The highest BCUT2D eigenvalue weighted by Crippen LogP contribution is 2.11. The summed E-state index contributed by atoms with van der Waals surface area (Å²) < 4.78 is 1.86. The third-order valence-corrected chi connectivity index (χ3v) is 2.87. The van der Waals surface area contributed by atoms with Crippen LogP contribution in [0.4, 0.5) is 5.82 Å². The fourth-order valence-electron chi connectivity index (χ4n) is 1.91. The average molecular weight is 266 g/mol. The first-order chi connectivity index (χ1) is 9.83. The molecule has 0 saturated carbocycles. The van der Waals surface area contributed by atoms with E-state index in [0.29, 0.717) is 6.54 Å². The second-order valence-corrected chi connectivity index (χ2v) is 4.34. The van der Waals surface area contributed by atoms with Gasteiger partial charge < -0.3 is 5.32 Å². The second-order valence-electron chi connectivity index (χ2n) is 4.34. The van der Waals surface area contributed by atoms with Crippen LogP contribution in [0.5, 0.6) is 0 Å². The Hall–Kier alpha value is -2.76. The maximum absolute atomic E-state index is 4.32. The van der Waals surface area contributed by atoms with Gasteiger partial charge >= 0.3 is 0 Å². The molecule has 0 bridgehead atoms.